The number of fused-ring (bicyclic) bond motifs is 5. The van der Waals surface area contributed by atoms with E-state index in [0.717, 1.165) is 11.4 Å². The second-order valence-corrected chi connectivity index (χ2v) is 6.80. The molecule has 26 heavy (non-hydrogen) atoms. The van der Waals surface area contributed by atoms with Gasteiger partial charge in [-0.3, -0.25) is 9.59 Å². The molecule has 4 atom stereocenters. The van der Waals surface area contributed by atoms with Crippen molar-refractivity contribution in [2.75, 3.05) is 13.2 Å². The number of rotatable bonds is 6. The SMILES string of the molecule is CCOc1ccc(/C=N\N2C(=O)[C@@H]3[C@@H](C2=O)[C@H]2C=C[C@H]3C2)c(OCC)c1. The average Bonchev–Trinajstić information content (AvgIpc) is 3.30. The number of allylic oxidation sites excluding steroid dienone is 2. The fourth-order valence-corrected chi connectivity index (χ4v) is 4.28. The molecule has 0 N–H and O–H groups in total. The quantitative estimate of drug-likeness (QED) is 0.447. The lowest BCUT2D eigenvalue weighted by molar-refractivity contribution is -0.140. The van der Waals surface area contributed by atoms with E-state index in [1.54, 1.807) is 6.07 Å². The van der Waals surface area contributed by atoms with Gasteiger partial charge in [0.15, 0.2) is 0 Å². The Labute approximate surface area is 152 Å². The summed E-state index contributed by atoms with van der Waals surface area (Å²) in [6.45, 7) is 4.87. The van der Waals surface area contributed by atoms with Crippen LogP contribution in [-0.2, 0) is 9.59 Å². The van der Waals surface area contributed by atoms with Crippen LogP contribution >= 0.6 is 0 Å². The molecule has 0 aromatic heterocycles. The predicted molar refractivity (Wildman–Crippen MR) is 95.9 cm³/mol. The van der Waals surface area contributed by atoms with E-state index in [-0.39, 0.29) is 35.5 Å². The van der Waals surface area contributed by atoms with E-state index < -0.39 is 0 Å². The molecule has 0 spiro atoms. The van der Waals surface area contributed by atoms with Gasteiger partial charge in [-0.05, 0) is 44.2 Å². The molecule has 4 rings (SSSR count). The lowest BCUT2D eigenvalue weighted by atomic mass is 9.85. The average molecular weight is 354 g/mol. The summed E-state index contributed by atoms with van der Waals surface area (Å²) in [5.74, 6) is 0.857. The van der Waals surface area contributed by atoms with Gasteiger partial charge in [0.2, 0.25) is 0 Å². The maximum atomic E-state index is 12.7. The number of hydrogen-bond acceptors (Lipinski definition) is 5. The maximum absolute atomic E-state index is 12.7. The van der Waals surface area contributed by atoms with Crippen molar-refractivity contribution in [2.45, 2.75) is 20.3 Å². The number of hydrazone groups is 1. The molecule has 6 heteroatoms. The largest absolute Gasteiger partial charge is 0.494 e. The highest BCUT2D eigenvalue weighted by molar-refractivity contribution is 6.06. The molecule has 0 unspecified atom stereocenters. The van der Waals surface area contributed by atoms with E-state index >= 15 is 0 Å². The van der Waals surface area contributed by atoms with Crippen LogP contribution in [0.25, 0.3) is 0 Å². The first-order chi connectivity index (χ1) is 12.6. The van der Waals surface area contributed by atoms with Crippen molar-refractivity contribution in [1.29, 1.82) is 0 Å². The normalized spacial score (nSPS) is 29.1. The van der Waals surface area contributed by atoms with Crippen molar-refractivity contribution in [3.63, 3.8) is 0 Å². The van der Waals surface area contributed by atoms with Crippen molar-refractivity contribution >= 4 is 18.0 Å². The minimum absolute atomic E-state index is 0.183. The van der Waals surface area contributed by atoms with E-state index in [0.29, 0.717) is 30.3 Å². The molecule has 2 bridgehead atoms. The van der Waals surface area contributed by atoms with Gasteiger partial charge in [0.25, 0.3) is 11.8 Å². The van der Waals surface area contributed by atoms with Crippen molar-refractivity contribution in [2.24, 2.45) is 28.8 Å². The Morgan fingerprint density at radius 2 is 1.73 bits per heavy atom. The summed E-state index contributed by atoms with van der Waals surface area (Å²) in [7, 11) is 0. The molecule has 0 radical (unpaired) electrons. The van der Waals surface area contributed by atoms with Crippen molar-refractivity contribution < 1.29 is 19.1 Å². The maximum Gasteiger partial charge on any atom is 0.254 e. The summed E-state index contributed by atoms with van der Waals surface area (Å²) in [5, 5.41) is 5.26. The highest BCUT2D eigenvalue weighted by Crippen LogP contribution is 2.52. The number of ether oxygens (including phenoxy) is 2. The Morgan fingerprint density at radius 1 is 1.08 bits per heavy atom. The fourth-order valence-electron chi connectivity index (χ4n) is 4.28. The zero-order chi connectivity index (χ0) is 18.3. The van der Waals surface area contributed by atoms with Crippen LogP contribution < -0.4 is 9.47 Å². The fraction of sp³-hybridized carbons (Fsp3) is 0.450. The predicted octanol–water partition coefficient (Wildman–Crippen LogP) is 2.63. The highest BCUT2D eigenvalue weighted by Gasteiger charge is 2.59. The van der Waals surface area contributed by atoms with E-state index in [2.05, 4.69) is 17.3 Å². The first kappa shape index (κ1) is 16.8. The van der Waals surface area contributed by atoms with Gasteiger partial charge in [-0.2, -0.15) is 10.1 Å². The number of benzene rings is 1. The standard InChI is InChI=1S/C20H22N2O4/c1-3-25-15-8-7-14(16(10-15)26-4-2)11-21-22-19(23)17-12-5-6-13(9-12)18(17)20(22)24/h5-8,10-13,17-18H,3-4,9H2,1-2H3/b21-11-/t12-,13-,17-,18-/m0/s1. The van der Waals surface area contributed by atoms with Crippen LogP contribution in [0.4, 0.5) is 0 Å². The molecule has 1 saturated carbocycles. The third-order valence-electron chi connectivity index (χ3n) is 5.36. The molecular weight excluding hydrogens is 332 g/mol. The Kier molecular flexibility index (Phi) is 4.26. The third kappa shape index (κ3) is 2.60. The molecule has 2 aliphatic carbocycles. The molecule has 136 valence electrons. The van der Waals surface area contributed by atoms with Gasteiger partial charge in [-0.25, -0.2) is 0 Å². The zero-order valence-corrected chi connectivity index (χ0v) is 14.9. The first-order valence-corrected chi connectivity index (χ1v) is 9.13. The van der Waals surface area contributed by atoms with Crippen molar-refractivity contribution in [3.05, 3.63) is 35.9 Å². The Hall–Kier alpha value is -2.63. The van der Waals surface area contributed by atoms with Crippen LogP contribution in [0, 0.1) is 23.7 Å². The van der Waals surface area contributed by atoms with Crippen LogP contribution in [0.15, 0.2) is 35.5 Å². The molecule has 1 aliphatic heterocycles. The highest BCUT2D eigenvalue weighted by atomic mass is 16.5. The molecule has 1 aromatic rings. The van der Waals surface area contributed by atoms with Gasteiger partial charge < -0.3 is 9.47 Å². The minimum atomic E-state index is -0.235. The van der Waals surface area contributed by atoms with Crippen LogP contribution in [-0.4, -0.2) is 36.3 Å². The summed E-state index contributed by atoms with van der Waals surface area (Å²) in [4.78, 5) is 25.3. The van der Waals surface area contributed by atoms with E-state index in [1.807, 2.05) is 26.0 Å². The lowest BCUT2D eigenvalue weighted by Gasteiger charge is -2.13. The van der Waals surface area contributed by atoms with E-state index in [9.17, 15) is 9.59 Å². The van der Waals surface area contributed by atoms with Crippen LogP contribution in [0.5, 0.6) is 11.5 Å². The Bertz CT molecular complexity index is 771. The van der Waals surface area contributed by atoms with Gasteiger partial charge in [0.05, 0.1) is 31.3 Å². The summed E-state index contributed by atoms with van der Waals surface area (Å²) in [5.41, 5.74) is 0.703. The summed E-state index contributed by atoms with van der Waals surface area (Å²) in [6.07, 6.45) is 6.58. The number of hydrogen-bond donors (Lipinski definition) is 0. The van der Waals surface area contributed by atoms with Crippen LogP contribution in [0.1, 0.15) is 25.8 Å². The van der Waals surface area contributed by atoms with Crippen molar-refractivity contribution in [3.8, 4) is 11.5 Å². The summed E-state index contributed by atoms with van der Waals surface area (Å²) in [6, 6.07) is 5.43. The monoisotopic (exact) mass is 354 g/mol. The molecule has 1 saturated heterocycles. The lowest BCUT2D eigenvalue weighted by Crippen LogP contribution is -2.28. The molecular formula is C20H22N2O4. The van der Waals surface area contributed by atoms with E-state index in [1.165, 1.54) is 6.21 Å². The zero-order valence-electron chi connectivity index (χ0n) is 14.9. The second kappa shape index (κ2) is 6.59. The van der Waals surface area contributed by atoms with Gasteiger partial charge in [0.1, 0.15) is 11.5 Å². The Morgan fingerprint density at radius 3 is 2.35 bits per heavy atom. The van der Waals surface area contributed by atoms with Gasteiger partial charge >= 0.3 is 0 Å². The molecule has 2 amide bonds. The number of imide groups is 1. The van der Waals surface area contributed by atoms with Crippen molar-refractivity contribution in [1.82, 2.24) is 5.01 Å². The van der Waals surface area contributed by atoms with Crippen LogP contribution in [0.3, 0.4) is 0 Å². The molecule has 2 fully saturated rings. The molecule has 1 heterocycles. The van der Waals surface area contributed by atoms with Gasteiger partial charge in [-0.1, -0.05) is 12.2 Å². The summed E-state index contributed by atoms with van der Waals surface area (Å²) < 4.78 is 11.1. The number of nitrogens with zero attached hydrogens (tertiary/aromatic N) is 2. The smallest absolute Gasteiger partial charge is 0.254 e. The first-order valence-electron chi connectivity index (χ1n) is 9.13. The third-order valence-corrected chi connectivity index (χ3v) is 5.36. The summed E-state index contributed by atoms with van der Waals surface area (Å²) >= 11 is 0. The topological polar surface area (TPSA) is 68.2 Å². The Balaban J connectivity index is 1.57. The van der Waals surface area contributed by atoms with Gasteiger partial charge in [-0.15, -0.1) is 0 Å². The second-order valence-electron chi connectivity index (χ2n) is 6.80. The molecule has 3 aliphatic rings. The van der Waals surface area contributed by atoms with Gasteiger partial charge in [0, 0.05) is 11.6 Å². The molecule has 1 aromatic carbocycles. The minimum Gasteiger partial charge on any atom is -0.494 e. The van der Waals surface area contributed by atoms with Crippen LogP contribution in [0.2, 0.25) is 0 Å². The number of amides is 2. The molecule has 6 nitrogen and oxygen atoms in total. The van der Waals surface area contributed by atoms with E-state index in [4.69, 9.17) is 9.47 Å². The number of carbonyl (C=O) groups excluding carboxylic acids is 2. The number of carbonyl (C=O) groups is 2.